The lowest BCUT2D eigenvalue weighted by Crippen LogP contribution is -2.04. The van der Waals surface area contributed by atoms with Crippen LogP contribution in [0, 0.1) is 0 Å². The zero-order valence-electron chi connectivity index (χ0n) is 9.06. The summed E-state index contributed by atoms with van der Waals surface area (Å²) in [4.78, 5) is 0.301. The van der Waals surface area contributed by atoms with E-state index in [4.69, 9.17) is 4.55 Å². The monoisotopic (exact) mass is 306 g/mol. The summed E-state index contributed by atoms with van der Waals surface area (Å²) in [6.45, 7) is 2.10. The van der Waals surface area contributed by atoms with Crippen molar-refractivity contribution in [1.82, 2.24) is 0 Å². The van der Waals surface area contributed by atoms with Crippen LogP contribution in [0.4, 0.5) is 0 Å². The van der Waals surface area contributed by atoms with Crippen molar-refractivity contribution in [2.24, 2.45) is 0 Å². The molecule has 0 radical (unpaired) electrons. The highest BCUT2D eigenvalue weighted by Crippen LogP contribution is 2.17. The van der Waals surface area contributed by atoms with Gasteiger partial charge < -0.3 is 0 Å². The first-order valence-electron chi connectivity index (χ1n) is 5.14. The van der Waals surface area contributed by atoms with Crippen LogP contribution in [0.5, 0.6) is 0 Å². The molecule has 0 aliphatic heterocycles. The molecule has 0 aliphatic carbocycles. The minimum absolute atomic E-state index is 0.0406. The normalized spacial score (nSPS) is 13.7. The molecule has 1 N–H and O–H groups in total. The maximum atomic E-state index is 10.9. The van der Waals surface area contributed by atoms with Crippen LogP contribution in [0.1, 0.15) is 25.3 Å². The number of hydrogen-bond acceptors (Lipinski definition) is 2. The third-order valence-electron chi connectivity index (χ3n) is 2.26. The molecular formula is C11H15BrO3S. The van der Waals surface area contributed by atoms with Gasteiger partial charge in [-0.05, 0) is 30.5 Å². The lowest BCUT2D eigenvalue weighted by Gasteiger charge is -2.08. The van der Waals surface area contributed by atoms with Crippen LogP contribution in [0.25, 0.3) is 0 Å². The first-order chi connectivity index (χ1) is 7.43. The molecule has 5 heteroatoms. The van der Waals surface area contributed by atoms with Crippen LogP contribution in [0.2, 0.25) is 0 Å². The Balaban J connectivity index is 2.83. The van der Waals surface area contributed by atoms with Gasteiger partial charge >= 0.3 is 0 Å². The summed E-state index contributed by atoms with van der Waals surface area (Å²) in [5.74, 6) is 0. The Morgan fingerprint density at radius 3 is 2.69 bits per heavy atom. The van der Waals surface area contributed by atoms with Gasteiger partial charge in [0.1, 0.15) is 0 Å². The van der Waals surface area contributed by atoms with E-state index in [1.54, 1.807) is 6.07 Å². The summed E-state index contributed by atoms with van der Waals surface area (Å²) in [5.41, 5.74) is 0.908. The second-order valence-electron chi connectivity index (χ2n) is 3.71. The number of rotatable bonds is 5. The summed E-state index contributed by atoms with van der Waals surface area (Å²) < 4.78 is 30.8. The van der Waals surface area contributed by atoms with Gasteiger partial charge in [-0.15, -0.1) is 0 Å². The number of benzene rings is 1. The third-order valence-corrected chi connectivity index (χ3v) is 3.89. The highest BCUT2D eigenvalue weighted by Gasteiger charge is 2.11. The molecule has 0 heterocycles. The van der Waals surface area contributed by atoms with Crippen molar-refractivity contribution in [2.45, 2.75) is 35.9 Å². The molecule has 0 aliphatic rings. The summed E-state index contributed by atoms with van der Waals surface area (Å²) in [6, 6.07) is 6.41. The number of halogens is 1. The third kappa shape index (κ3) is 4.23. The molecule has 1 aromatic carbocycles. The van der Waals surface area contributed by atoms with Crippen LogP contribution >= 0.6 is 15.9 Å². The molecule has 1 atom stereocenters. The maximum Gasteiger partial charge on any atom is 0.294 e. The predicted molar refractivity (Wildman–Crippen MR) is 67.6 cm³/mol. The van der Waals surface area contributed by atoms with Crippen molar-refractivity contribution in [2.75, 3.05) is 0 Å². The first-order valence-corrected chi connectivity index (χ1v) is 7.49. The van der Waals surface area contributed by atoms with Gasteiger partial charge in [0.15, 0.2) is 0 Å². The number of alkyl halides is 1. The molecule has 0 aromatic heterocycles. The Hall–Kier alpha value is -0.390. The van der Waals surface area contributed by atoms with E-state index in [2.05, 4.69) is 22.9 Å². The van der Waals surface area contributed by atoms with Crippen molar-refractivity contribution in [1.29, 1.82) is 0 Å². The fourth-order valence-corrected chi connectivity index (χ4v) is 2.89. The van der Waals surface area contributed by atoms with E-state index in [9.17, 15) is 8.42 Å². The average molecular weight is 307 g/mol. The van der Waals surface area contributed by atoms with Gasteiger partial charge in [-0.25, -0.2) is 0 Å². The van der Waals surface area contributed by atoms with E-state index in [0.29, 0.717) is 4.83 Å². The highest BCUT2D eigenvalue weighted by atomic mass is 79.9. The van der Waals surface area contributed by atoms with Crippen LogP contribution in [-0.4, -0.2) is 17.8 Å². The second kappa shape index (κ2) is 5.80. The van der Waals surface area contributed by atoms with Gasteiger partial charge in [0.25, 0.3) is 10.1 Å². The molecule has 1 unspecified atom stereocenters. The standard InChI is InChI=1S/C11H15BrO3S/c1-2-4-10(12)7-9-5-3-6-11(8-9)16(13,14)15/h3,5-6,8,10H,2,4,7H2,1H3,(H,13,14,15). The lowest BCUT2D eigenvalue weighted by molar-refractivity contribution is 0.483. The molecule has 0 fully saturated rings. The van der Waals surface area contributed by atoms with Gasteiger partial charge in [0, 0.05) is 4.83 Å². The fourth-order valence-electron chi connectivity index (χ4n) is 1.50. The van der Waals surface area contributed by atoms with Gasteiger partial charge in [0.05, 0.1) is 4.90 Å². The number of hydrogen-bond donors (Lipinski definition) is 1. The van der Waals surface area contributed by atoms with Crippen LogP contribution < -0.4 is 0 Å². The van der Waals surface area contributed by atoms with Crippen molar-refractivity contribution >= 4 is 26.0 Å². The van der Waals surface area contributed by atoms with Crippen LogP contribution in [-0.2, 0) is 16.5 Å². The van der Waals surface area contributed by atoms with E-state index in [-0.39, 0.29) is 4.90 Å². The van der Waals surface area contributed by atoms with Crippen molar-refractivity contribution in [3.63, 3.8) is 0 Å². The van der Waals surface area contributed by atoms with E-state index >= 15 is 0 Å². The molecule has 0 saturated heterocycles. The van der Waals surface area contributed by atoms with Gasteiger partial charge in [-0.3, -0.25) is 4.55 Å². The molecule has 90 valence electrons. The lowest BCUT2D eigenvalue weighted by atomic mass is 10.1. The van der Waals surface area contributed by atoms with Crippen LogP contribution in [0.15, 0.2) is 29.2 Å². The van der Waals surface area contributed by atoms with Gasteiger partial charge in [0.2, 0.25) is 0 Å². The molecule has 0 spiro atoms. The molecule has 3 nitrogen and oxygen atoms in total. The molecule has 1 aromatic rings. The fraction of sp³-hybridized carbons (Fsp3) is 0.455. The summed E-state index contributed by atoms with van der Waals surface area (Å²) in [7, 11) is -4.09. The Labute approximate surface area is 105 Å². The second-order valence-corrected chi connectivity index (χ2v) is 6.43. The average Bonchev–Trinajstić information content (AvgIpc) is 2.17. The maximum absolute atomic E-state index is 10.9. The Kier molecular flexibility index (Phi) is 4.95. The Morgan fingerprint density at radius 2 is 2.12 bits per heavy atom. The zero-order chi connectivity index (χ0) is 12.2. The van der Waals surface area contributed by atoms with E-state index in [1.807, 2.05) is 6.07 Å². The van der Waals surface area contributed by atoms with Crippen molar-refractivity contribution < 1.29 is 13.0 Å². The molecule has 16 heavy (non-hydrogen) atoms. The minimum Gasteiger partial charge on any atom is -0.282 e. The Morgan fingerprint density at radius 1 is 1.44 bits per heavy atom. The molecule has 1 rings (SSSR count). The van der Waals surface area contributed by atoms with E-state index in [1.165, 1.54) is 12.1 Å². The first kappa shape index (κ1) is 13.7. The molecule has 0 amide bonds. The SMILES string of the molecule is CCCC(Br)Cc1cccc(S(=O)(=O)O)c1. The summed E-state index contributed by atoms with van der Waals surface area (Å²) in [6.07, 6.45) is 2.88. The largest absolute Gasteiger partial charge is 0.294 e. The van der Waals surface area contributed by atoms with Crippen molar-refractivity contribution in [3.05, 3.63) is 29.8 Å². The topological polar surface area (TPSA) is 54.4 Å². The molecule has 0 bridgehead atoms. The summed E-state index contributed by atoms with van der Waals surface area (Å²) >= 11 is 3.54. The summed E-state index contributed by atoms with van der Waals surface area (Å²) in [5, 5.41) is 0. The predicted octanol–water partition coefficient (Wildman–Crippen LogP) is 3.04. The van der Waals surface area contributed by atoms with Crippen LogP contribution in [0.3, 0.4) is 0 Å². The smallest absolute Gasteiger partial charge is 0.282 e. The van der Waals surface area contributed by atoms with Gasteiger partial charge in [-0.1, -0.05) is 41.4 Å². The highest BCUT2D eigenvalue weighted by molar-refractivity contribution is 9.09. The molecule has 0 saturated carbocycles. The quantitative estimate of drug-likeness (QED) is 0.672. The van der Waals surface area contributed by atoms with Gasteiger partial charge in [-0.2, -0.15) is 8.42 Å². The molecular weight excluding hydrogens is 292 g/mol. The minimum atomic E-state index is -4.09. The Bertz CT molecular complexity index is 442. The van der Waals surface area contributed by atoms with E-state index in [0.717, 1.165) is 24.8 Å². The van der Waals surface area contributed by atoms with Crippen molar-refractivity contribution in [3.8, 4) is 0 Å². The zero-order valence-corrected chi connectivity index (χ0v) is 11.5. The van der Waals surface area contributed by atoms with E-state index < -0.39 is 10.1 Å².